The molecule has 2 rings (SSSR count). The SMILES string of the molecule is Cc1cc(C)n(-c2cccc(C=CCN=[N+]=[N-])c2)n1. The third-order valence-electron chi connectivity index (χ3n) is 2.68. The van der Waals surface area contributed by atoms with Crippen molar-refractivity contribution < 1.29 is 0 Å². The van der Waals surface area contributed by atoms with Gasteiger partial charge in [-0.3, -0.25) is 0 Å². The number of hydrogen-bond donors (Lipinski definition) is 0. The minimum atomic E-state index is 0.362. The van der Waals surface area contributed by atoms with Crippen LogP contribution in [0.4, 0.5) is 0 Å². The summed E-state index contributed by atoms with van der Waals surface area (Å²) >= 11 is 0. The van der Waals surface area contributed by atoms with Crippen LogP contribution in [-0.2, 0) is 0 Å². The van der Waals surface area contributed by atoms with Crippen molar-refractivity contribution in [2.24, 2.45) is 5.11 Å². The zero-order chi connectivity index (χ0) is 13.7. The summed E-state index contributed by atoms with van der Waals surface area (Å²) in [5.74, 6) is 0. The highest BCUT2D eigenvalue weighted by atomic mass is 15.3. The standard InChI is InChI=1S/C14H15N5/c1-11-9-12(2)19(17-11)14-7-3-5-13(10-14)6-4-8-16-18-15/h3-7,9-10H,8H2,1-2H3. The molecule has 0 radical (unpaired) electrons. The molecule has 1 aromatic carbocycles. The Kier molecular flexibility index (Phi) is 4.00. The average molecular weight is 253 g/mol. The van der Waals surface area contributed by atoms with Crippen LogP contribution in [0.3, 0.4) is 0 Å². The molecule has 0 fully saturated rings. The van der Waals surface area contributed by atoms with Crippen LogP contribution in [0.5, 0.6) is 0 Å². The van der Waals surface area contributed by atoms with E-state index in [0.717, 1.165) is 22.6 Å². The third-order valence-corrected chi connectivity index (χ3v) is 2.68. The summed E-state index contributed by atoms with van der Waals surface area (Å²) in [6.45, 7) is 4.37. The minimum Gasteiger partial charge on any atom is -0.238 e. The van der Waals surface area contributed by atoms with Gasteiger partial charge in [0.15, 0.2) is 0 Å². The van der Waals surface area contributed by atoms with Gasteiger partial charge in [-0.15, -0.1) is 0 Å². The summed E-state index contributed by atoms with van der Waals surface area (Å²) in [6.07, 6.45) is 3.77. The van der Waals surface area contributed by atoms with Gasteiger partial charge in [0, 0.05) is 17.2 Å². The van der Waals surface area contributed by atoms with Crippen LogP contribution in [0.1, 0.15) is 17.0 Å². The molecule has 0 unspecified atom stereocenters. The van der Waals surface area contributed by atoms with E-state index in [9.17, 15) is 0 Å². The van der Waals surface area contributed by atoms with Crippen LogP contribution >= 0.6 is 0 Å². The molecule has 5 nitrogen and oxygen atoms in total. The maximum atomic E-state index is 8.20. The number of azide groups is 1. The van der Waals surface area contributed by atoms with Gasteiger partial charge in [-0.25, -0.2) is 4.68 Å². The molecule has 0 aliphatic rings. The first-order valence-electron chi connectivity index (χ1n) is 6.02. The molecule has 1 aromatic heterocycles. The molecule has 1 heterocycles. The summed E-state index contributed by atoms with van der Waals surface area (Å²) in [5.41, 5.74) is 12.4. The molecule has 0 aliphatic heterocycles. The second kappa shape index (κ2) is 5.89. The van der Waals surface area contributed by atoms with Crippen molar-refractivity contribution in [2.45, 2.75) is 13.8 Å². The van der Waals surface area contributed by atoms with Crippen molar-refractivity contribution in [3.63, 3.8) is 0 Å². The topological polar surface area (TPSA) is 66.6 Å². The van der Waals surface area contributed by atoms with Crippen molar-refractivity contribution >= 4 is 6.08 Å². The Morgan fingerprint density at radius 1 is 1.37 bits per heavy atom. The van der Waals surface area contributed by atoms with Crippen LogP contribution in [-0.4, -0.2) is 16.3 Å². The van der Waals surface area contributed by atoms with Crippen molar-refractivity contribution in [1.82, 2.24) is 9.78 Å². The number of hydrogen-bond acceptors (Lipinski definition) is 2. The molecular formula is C14H15N5. The van der Waals surface area contributed by atoms with Gasteiger partial charge < -0.3 is 0 Å². The molecule has 0 aliphatic carbocycles. The second-order valence-corrected chi connectivity index (χ2v) is 4.25. The fourth-order valence-electron chi connectivity index (χ4n) is 1.92. The van der Waals surface area contributed by atoms with E-state index in [1.165, 1.54) is 0 Å². The lowest BCUT2D eigenvalue weighted by Gasteiger charge is -2.05. The van der Waals surface area contributed by atoms with Crippen LogP contribution < -0.4 is 0 Å². The molecule has 2 aromatic rings. The quantitative estimate of drug-likeness (QED) is 0.464. The van der Waals surface area contributed by atoms with Gasteiger partial charge in [-0.1, -0.05) is 29.4 Å². The smallest absolute Gasteiger partial charge is 0.0654 e. The lowest BCUT2D eigenvalue weighted by atomic mass is 10.2. The number of benzene rings is 1. The van der Waals surface area contributed by atoms with Crippen molar-refractivity contribution in [1.29, 1.82) is 0 Å². The predicted molar refractivity (Wildman–Crippen MR) is 76.1 cm³/mol. The normalized spacial score (nSPS) is 10.6. The highest BCUT2D eigenvalue weighted by Crippen LogP contribution is 2.14. The summed E-state index contributed by atoms with van der Waals surface area (Å²) in [4.78, 5) is 2.71. The second-order valence-electron chi connectivity index (χ2n) is 4.25. The predicted octanol–water partition coefficient (Wildman–Crippen LogP) is 3.81. The molecular weight excluding hydrogens is 238 g/mol. The van der Waals surface area contributed by atoms with Gasteiger partial charge in [0.1, 0.15) is 0 Å². The van der Waals surface area contributed by atoms with E-state index < -0.39 is 0 Å². The van der Waals surface area contributed by atoms with E-state index in [1.807, 2.05) is 61.0 Å². The molecule has 19 heavy (non-hydrogen) atoms. The molecule has 0 N–H and O–H groups in total. The monoisotopic (exact) mass is 253 g/mol. The zero-order valence-corrected chi connectivity index (χ0v) is 11.0. The summed E-state index contributed by atoms with van der Waals surface area (Å²) < 4.78 is 1.92. The van der Waals surface area contributed by atoms with E-state index in [2.05, 4.69) is 15.1 Å². The molecule has 0 spiro atoms. The van der Waals surface area contributed by atoms with Gasteiger partial charge in [0.05, 0.1) is 11.4 Å². The fourth-order valence-corrected chi connectivity index (χ4v) is 1.92. The van der Waals surface area contributed by atoms with Crippen molar-refractivity contribution in [2.75, 3.05) is 6.54 Å². The molecule has 0 saturated carbocycles. The van der Waals surface area contributed by atoms with Gasteiger partial charge in [-0.05, 0) is 43.1 Å². The first-order chi connectivity index (χ1) is 9.20. The molecule has 96 valence electrons. The summed E-state index contributed by atoms with van der Waals surface area (Å²) in [6, 6.07) is 10.1. The summed E-state index contributed by atoms with van der Waals surface area (Å²) in [5, 5.41) is 7.92. The molecule has 5 heteroatoms. The maximum Gasteiger partial charge on any atom is 0.0654 e. The zero-order valence-electron chi connectivity index (χ0n) is 11.0. The average Bonchev–Trinajstić information content (AvgIpc) is 2.74. The van der Waals surface area contributed by atoms with Gasteiger partial charge in [0.2, 0.25) is 0 Å². The van der Waals surface area contributed by atoms with E-state index in [-0.39, 0.29) is 0 Å². The lowest BCUT2D eigenvalue weighted by Crippen LogP contribution is -1.98. The van der Waals surface area contributed by atoms with Crippen molar-refractivity contribution in [3.8, 4) is 5.69 Å². The minimum absolute atomic E-state index is 0.362. The maximum absolute atomic E-state index is 8.20. The van der Waals surface area contributed by atoms with Crippen LogP contribution in [0, 0.1) is 13.8 Å². The van der Waals surface area contributed by atoms with Gasteiger partial charge in [-0.2, -0.15) is 5.10 Å². The van der Waals surface area contributed by atoms with Crippen LogP contribution in [0.25, 0.3) is 22.2 Å². The van der Waals surface area contributed by atoms with E-state index >= 15 is 0 Å². The van der Waals surface area contributed by atoms with Crippen molar-refractivity contribution in [3.05, 3.63) is 63.8 Å². The Labute approximate surface area is 111 Å². The first kappa shape index (κ1) is 12.9. The lowest BCUT2D eigenvalue weighted by molar-refractivity contribution is 0.833. The Hall–Kier alpha value is -2.52. The van der Waals surface area contributed by atoms with E-state index in [0.29, 0.717) is 6.54 Å². The molecule has 0 bridgehead atoms. The highest BCUT2D eigenvalue weighted by molar-refractivity contribution is 5.53. The van der Waals surface area contributed by atoms with Crippen LogP contribution in [0.15, 0.2) is 41.5 Å². The number of aromatic nitrogens is 2. The van der Waals surface area contributed by atoms with Gasteiger partial charge in [0.25, 0.3) is 0 Å². The largest absolute Gasteiger partial charge is 0.238 e. The Bertz CT molecular complexity index is 648. The van der Waals surface area contributed by atoms with E-state index in [1.54, 1.807) is 0 Å². The third kappa shape index (κ3) is 3.24. The number of aryl methyl sites for hydroxylation is 2. The Balaban J connectivity index is 2.26. The molecule has 0 amide bonds. The molecule has 0 saturated heterocycles. The summed E-state index contributed by atoms with van der Waals surface area (Å²) in [7, 11) is 0. The van der Waals surface area contributed by atoms with E-state index in [4.69, 9.17) is 5.53 Å². The molecule has 0 atom stereocenters. The number of rotatable bonds is 4. The Morgan fingerprint density at radius 2 is 2.21 bits per heavy atom. The number of nitrogens with zero attached hydrogens (tertiary/aromatic N) is 5. The van der Waals surface area contributed by atoms with Gasteiger partial charge >= 0.3 is 0 Å². The fraction of sp³-hybridized carbons (Fsp3) is 0.214. The highest BCUT2D eigenvalue weighted by Gasteiger charge is 2.03. The van der Waals surface area contributed by atoms with Crippen LogP contribution in [0.2, 0.25) is 0 Å². The Morgan fingerprint density at radius 3 is 2.89 bits per heavy atom. The first-order valence-corrected chi connectivity index (χ1v) is 6.02.